The lowest BCUT2D eigenvalue weighted by molar-refractivity contribution is 0.0934. The Labute approximate surface area is 82.0 Å². The number of carbonyl (C=O) groups is 1. The predicted octanol–water partition coefficient (Wildman–Crippen LogP) is -0.432. The van der Waals surface area contributed by atoms with E-state index >= 15 is 0 Å². The van der Waals surface area contributed by atoms with Gasteiger partial charge >= 0.3 is 0 Å². The number of hydrogen-bond donors (Lipinski definition) is 2. The van der Waals surface area contributed by atoms with Crippen molar-refractivity contribution in [1.29, 1.82) is 0 Å². The summed E-state index contributed by atoms with van der Waals surface area (Å²) in [7, 11) is 0. The minimum absolute atomic E-state index is 0.146. The molecule has 1 atom stereocenters. The molecule has 74 valence electrons. The molecule has 1 aliphatic rings. The second-order valence-corrected chi connectivity index (χ2v) is 3.25. The van der Waals surface area contributed by atoms with Crippen molar-refractivity contribution in [3.05, 3.63) is 24.3 Å². The van der Waals surface area contributed by atoms with Gasteiger partial charge in [0.2, 0.25) is 0 Å². The SMILES string of the molecule is O=C(NC1CCNC1)c1cnccn1. The van der Waals surface area contributed by atoms with Crippen molar-refractivity contribution in [3.63, 3.8) is 0 Å². The first-order valence-electron chi connectivity index (χ1n) is 4.64. The highest BCUT2D eigenvalue weighted by atomic mass is 16.1. The molecule has 1 aliphatic heterocycles. The van der Waals surface area contributed by atoms with Gasteiger partial charge in [-0.2, -0.15) is 0 Å². The Balaban J connectivity index is 1.95. The van der Waals surface area contributed by atoms with Gasteiger partial charge in [0.25, 0.3) is 5.91 Å². The number of nitrogens with one attached hydrogen (secondary N) is 2. The molecule has 1 aromatic heterocycles. The van der Waals surface area contributed by atoms with Gasteiger partial charge in [0.15, 0.2) is 0 Å². The molecule has 2 rings (SSSR count). The quantitative estimate of drug-likeness (QED) is 0.667. The van der Waals surface area contributed by atoms with Crippen molar-refractivity contribution in [2.75, 3.05) is 13.1 Å². The Kier molecular flexibility index (Phi) is 2.69. The summed E-state index contributed by atoms with van der Waals surface area (Å²) in [4.78, 5) is 19.3. The zero-order valence-corrected chi connectivity index (χ0v) is 7.73. The van der Waals surface area contributed by atoms with Crippen LogP contribution in [-0.4, -0.2) is 35.0 Å². The van der Waals surface area contributed by atoms with Crippen molar-refractivity contribution in [2.24, 2.45) is 0 Å². The van der Waals surface area contributed by atoms with Gasteiger partial charge in [0, 0.05) is 25.0 Å². The average Bonchev–Trinajstić information content (AvgIpc) is 2.72. The van der Waals surface area contributed by atoms with Crippen molar-refractivity contribution in [2.45, 2.75) is 12.5 Å². The first-order chi connectivity index (χ1) is 6.86. The molecule has 14 heavy (non-hydrogen) atoms. The zero-order valence-electron chi connectivity index (χ0n) is 7.73. The number of nitrogens with zero attached hydrogens (tertiary/aromatic N) is 2. The second-order valence-electron chi connectivity index (χ2n) is 3.25. The van der Waals surface area contributed by atoms with Crippen molar-refractivity contribution >= 4 is 5.91 Å². The third-order valence-corrected chi connectivity index (χ3v) is 2.19. The van der Waals surface area contributed by atoms with E-state index in [4.69, 9.17) is 0 Å². The molecule has 1 fully saturated rings. The average molecular weight is 192 g/mol. The molecule has 5 heteroatoms. The van der Waals surface area contributed by atoms with Crippen LogP contribution in [0, 0.1) is 0 Å². The Morgan fingerprint density at radius 2 is 2.50 bits per heavy atom. The Morgan fingerprint density at radius 3 is 3.14 bits per heavy atom. The van der Waals surface area contributed by atoms with Gasteiger partial charge in [0.1, 0.15) is 5.69 Å². The maximum Gasteiger partial charge on any atom is 0.271 e. The van der Waals surface area contributed by atoms with Crippen LogP contribution < -0.4 is 10.6 Å². The summed E-state index contributed by atoms with van der Waals surface area (Å²) in [6.07, 6.45) is 5.51. The molecule has 2 N–H and O–H groups in total. The molecular weight excluding hydrogens is 180 g/mol. The molecular formula is C9H12N4O. The molecule has 1 saturated heterocycles. The highest BCUT2D eigenvalue weighted by Crippen LogP contribution is 1.99. The van der Waals surface area contributed by atoms with E-state index in [2.05, 4.69) is 20.6 Å². The minimum Gasteiger partial charge on any atom is -0.347 e. The lowest BCUT2D eigenvalue weighted by atomic mass is 10.2. The van der Waals surface area contributed by atoms with Crippen molar-refractivity contribution in [3.8, 4) is 0 Å². The van der Waals surface area contributed by atoms with Gasteiger partial charge in [-0.25, -0.2) is 4.98 Å². The number of carbonyl (C=O) groups excluding carboxylic acids is 1. The first-order valence-corrected chi connectivity index (χ1v) is 4.64. The molecule has 0 aliphatic carbocycles. The van der Waals surface area contributed by atoms with E-state index in [0.717, 1.165) is 19.5 Å². The summed E-state index contributed by atoms with van der Waals surface area (Å²) >= 11 is 0. The fourth-order valence-corrected chi connectivity index (χ4v) is 1.45. The van der Waals surface area contributed by atoms with Crippen LogP contribution in [0.3, 0.4) is 0 Å². The van der Waals surface area contributed by atoms with Crippen LogP contribution in [-0.2, 0) is 0 Å². The van der Waals surface area contributed by atoms with Crippen LogP contribution in [0.25, 0.3) is 0 Å². The molecule has 0 bridgehead atoms. The molecule has 0 aromatic carbocycles. The number of hydrogen-bond acceptors (Lipinski definition) is 4. The maximum atomic E-state index is 11.6. The Hall–Kier alpha value is -1.49. The van der Waals surface area contributed by atoms with E-state index < -0.39 is 0 Å². The van der Waals surface area contributed by atoms with E-state index in [1.165, 1.54) is 12.4 Å². The molecule has 1 aromatic rings. The standard InChI is InChI=1S/C9H12N4O/c14-9(8-6-11-3-4-12-8)13-7-1-2-10-5-7/h3-4,6-7,10H,1-2,5H2,(H,13,14). The summed E-state index contributed by atoms with van der Waals surface area (Å²) in [5.74, 6) is -0.146. The molecule has 1 amide bonds. The highest BCUT2D eigenvalue weighted by molar-refractivity contribution is 5.92. The van der Waals surface area contributed by atoms with Gasteiger partial charge in [-0.3, -0.25) is 9.78 Å². The third-order valence-electron chi connectivity index (χ3n) is 2.19. The van der Waals surface area contributed by atoms with Crippen LogP contribution >= 0.6 is 0 Å². The lowest BCUT2D eigenvalue weighted by Crippen LogP contribution is -2.36. The van der Waals surface area contributed by atoms with Crippen LogP contribution in [0.5, 0.6) is 0 Å². The maximum absolute atomic E-state index is 11.6. The largest absolute Gasteiger partial charge is 0.347 e. The summed E-state index contributed by atoms with van der Waals surface area (Å²) in [6, 6.07) is 0.226. The third kappa shape index (κ3) is 2.05. The molecule has 5 nitrogen and oxygen atoms in total. The topological polar surface area (TPSA) is 66.9 Å². The Morgan fingerprint density at radius 1 is 1.57 bits per heavy atom. The van der Waals surface area contributed by atoms with Gasteiger partial charge in [-0.15, -0.1) is 0 Å². The molecule has 1 unspecified atom stereocenters. The Bertz CT molecular complexity index is 308. The highest BCUT2D eigenvalue weighted by Gasteiger charge is 2.17. The second kappa shape index (κ2) is 4.15. The summed E-state index contributed by atoms with van der Waals surface area (Å²) < 4.78 is 0. The smallest absolute Gasteiger partial charge is 0.271 e. The fourth-order valence-electron chi connectivity index (χ4n) is 1.45. The molecule has 0 radical (unpaired) electrons. The summed E-state index contributed by atoms with van der Waals surface area (Å²) in [6.45, 7) is 1.80. The predicted molar refractivity (Wildman–Crippen MR) is 50.8 cm³/mol. The van der Waals surface area contributed by atoms with Gasteiger partial charge in [-0.05, 0) is 13.0 Å². The fraction of sp³-hybridized carbons (Fsp3) is 0.444. The normalized spacial score (nSPS) is 20.7. The van der Waals surface area contributed by atoms with E-state index in [1.54, 1.807) is 6.20 Å². The zero-order chi connectivity index (χ0) is 9.80. The van der Waals surface area contributed by atoms with E-state index in [-0.39, 0.29) is 11.9 Å². The molecule has 0 spiro atoms. The van der Waals surface area contributed by atoms with Crippen molar-refractivity contribution < 1.29 is 4.79 Å². The van der Waals surface area contributed by atoms with E-state index in [9.17, 15) is 4.79 Å². The van der Waals surface area contributed by atoms with Gasteiger partial charge in [0.05, 0.1) is 6.20 Å². The minimum atomic E-state index is -0.146. The number of rotatable bonds is 2. The molecule has 2 heterocycles. The number of amides is 1. The van der Waals surface area contributed by atoms with E-state index in [0.29, 0.717) is 5.69 Å². The monoisotopic (exact) mass is 192 g/mol. The summed E-state index contributed by atoms with van der Waals surface area (Å²) in [5, 5.41) is 6.07. The van der Waals surface area contributed by atoms with Crippen molar-refractivity contribution in [1.82, 2.24) is 20.6 Å². The van der Waals surface area contributed by atoms with Crippen LogP contribution in [0.1, 0.15) is 16.9 Å². The molecule has 0 saturated carbocycles. The van der Waals surface area contributed by atoms with Crippen LogP contribution in [0.4, 0.5) is 0 Å². The first kappa shape index (κ1) is 9.08. The van der Waals surface area contributed by atoms with E-state index in [1.807, 2.05) is 0 Å². The van der Waals surface area contributed by atoms with Gasteiger partial charge < -0.3 is 10.6 Å². The van der Waals surface area contributed by atoms with Gasteiger partial charge in [-0.1, -0.05) is 0 Å². The van der Waals surface area contributed by atoms with Crippen LogP contribution in [0.2, 0.25) is 0 Å². The lowest BCUT2D eigenvalue weighted by Gasteiger charge is -2.09. The summed E-state index contributed by atoms with van der Waals surface area (Å²) in [5.41, 5.74) is 0.374. The number of aromatic nitrogens is 2. The van der Waals surface area contributed by atoms with Crippen LogP contribution in [0.15, 0.2) is 18.6 Å².